The topological polar surface area (TPSA) is 45.2 Å². The first kappa shape index (κ1) is 18.0. The Kier molecular flexibility index (Phi) is 5.87. The third-order valence-corrected chi connectivity index (χ3v) is 4.43. The van der Waals surface area contributed by atoms with E-state index in [0.29, 0.717) is 17.1 Å². The Bertz CT molecular complexity index is 866. The van der Waals surface area contributed by atoms with Gasteiger partial charge in [-0.05, 0) is 29.3 Å². The number of halogens is 1. The number of nitrogens with zero attached hydrogens (tertiary/aromatic N) is 2. The van der Waals surface area contributed by atoms with Gasteiger partial charge in [0, 0.05) is 31.4 Å². The van der Waals surface area contributed by atoms with Crippen LogP contribution in [-0.4, -0.2) is 17.9 Å². The van der Waals surface area contributed by atoms with Crippen LogP contribution in [-0.2, 0) is 13.1 Å². The Morgan fingerprint density at radius 1 is 1.04 bits per heavy atom. The minimum absolute atomic E-state index is 0.172. The van der Waals surface area contributed by atoms with Crippen molar-refractivity contribution in [2.24, 2.45) is 0 Å². The third-order valence-electron chi connectivity index (χ3n) is 4.06. The molecule has 0 aliphatic rings. The van der Waals surface area contributed by atoms with Crippen molar-refractivity contribution in [2.75, 3.05) is 11.9 Å². The molecule has 5 heteroatoms. The number of pyridine rings is 1. The number of hydrogen-bond donors (Lipinski definition) is 1. The second-order valence-corrected chi connectivity index (χ2v) is 6.43. The number of amides is 1. The van der Waals surface area contributed by atoms with Crippen molar-refractivity contribution < 1.29 is 4.79 Å². The first-order chi connectivity index (χ1) is 12.6. The van der Waals surface area contributed by atoms with Gasteiger partial charge in [-0.2, -0.15) is 0 Å². The van der Waals surface area contributed by atoms with Crippen LogP contribution in [0.2, 0.25) is 5.02 Å². The van der Waals surface area contributed by atoms with E-state index in [2.05, 4.69) is 22.4 Å². The lowest BCUT2D eigenvalue weighted by Gasteiger charge is -2.18. The fourth-order valence-corrected chi connectivity index (χ4v) is 2.81. The summed E-state index contributed by atoms with van der Waals surface area (Å²) in [4.78, 5) is 18.7. The molecular formula is C21H20ClN3O. The molecule has 26 heavy (non-hydrogen) atoms. The number of aromatic nitrogens is 1. The Labute approximate surface area is 158 Å². The molecule has 0 radical (unpaired) electrons. The van der Waals surface area contributed by atoms with Gasteiger partial charge < -0.3 is 10.2 Å². The maximum atomic E-state index is 12.3. The lowest BCUT2D eigenvalue weighted by molar-refractivity contribution is 0.0950. The number of nitrogens with one attached hydrogen (secondary N) is 1. The highest BCUT2D eigenvalue weighted by atomic mass is 35.5. The van der Waals surface area contributed by atoms with E-state index < -0.39 is 0 Å². The molecule has 3 aromatic rings. The minimum atomic E-state index is -0.172. The van der Waals surface area contributed by atoms with Gasteiger partial charge in [0.05, 0.1) is 5.56 Å². The van der Waals surface area contributed by atoms with Crippen LogP contribution in [0.3, 0.4) is 0 Å². The molecule has 4 nitrogen and oxygen atoms in total. The molecule has 3 rings (SSSR count). The van der Waals surface area contributed by atoms with Crippen LogP contribution in [0.15, 0.2) is 72.9 Å². The molecule has 2 aromatic carbocycles. The van der Waals surface area contributed by atoms with Gasteiger partial charge in [0.25, 0.3) is 5.91 Å². The van der Waals surface area contributed by atoms with Crippen molar-refractivity contribution in [1.82, 2.24) is 10.3 Å². The molecule has 1 aromatic heterocycles. The van der Waals surface area contributed by atoms with E-state index in [9.17, 15) is 4.79 Å². The van der Waals surface area contributed by atoms with Crippen molar-refractivity contribution in [2.45, 2.75) is 13.1 Å². The Morgan fingerprint density at radius 2 is 1.77 bits per heavy atom. The van der Waals surface area contributed by atoms with Gasteiger partial charge >= 0.3 is 0 Å². The minimum Gasteiger partial charge on any atom is -0.355 e. The van der Waals surface area contributed by atoms with E-state index in [4.69, 9.17) is 11.6 Å². The van der Waals surface area contributed by atoms with Crippen LogP contribution in [0.1, 0.15) is 21.5 Å². The second kappa shape index (κ2) is 8.50. The van der Waals surface area contributed by atoms with Crippen molar-refractivity contribution in [3.05, 3.63) is 94.6 Å². The summed E-state index contributed by atoms with van der Waals surface area (Å²) in [6.07, 6.45) is 1.60. The molecular weight excluding hydrogens is 346 g/mol. The number of anilines is 1. The van der Waals surface area contributed by atoms with Crippen molar-refractivity contribution in [1.29, 1.82) is 0 Å². The van der Waals surface area contributed by atoms with E-state index in [0.717, 1.165) is 17.9 Å². The van der Waals surface area contributed by atoms with Gasteiger partial charge in [-0.1, -0.05) is 60.1 Å². The Balaban J connectivity index is 1.60. The van der Waals surface area contributed by atoms with Crippen LogP contribution in [0.5, 0.6) is 0 Å². The van der Waals surface area contributed by atoms with Crippen molar-refractivity contribution >= 4 is 23.3 Å². The molecule has 0 unspecified atom stereocenters. The normalized spacial score (nSPS) is 10.4. The fraction of sp³-hybridized carbons (Fsp3) is 0.143. The van der Waals surface area contributed by atoms with E-state index >= 15 is 0 Å². The van der Waals surface area contributed by atoms with Crippen LogP contribution < -0.4 is 10.2 Å². The lowest BCUT2D eigenvalue weighted by atomic mass is 10.2. The van der Waals surface area contributed by atoms with E-state index in [-0.39, 0.29) is 5.91 Å². The van der Waals surface area contributed by atoms with Crippen LogP contribution >= 0.6 is 11.6 Å². The molecule has 0 aliphatic heterocycles. The summed E-state index contributed by atoms with van der Waals surface area (Å²) in [5.74, 6) is 0.645. The zero-order valence-corrected chi connectivity index (χ0v) is 15.3. The maximum absolute atomic E-state index is 12.3. The van der Waals surface area contributed by atoms with Crippen molar-refractivity contribution in [3.63, 3.8) is 0 Å². The summed E-state index contributed by atoms with van der Waals surface area (Å²) >= 11 is 6.11. The summed E-state index contributed by atoms with van der Waals surface area (Å²) in [7, 11) is 1.98. The summed E-state index contributed by atoms with van der Waals surface area (Å²) in [6.45, 7) is 1.14. The Morgan fingerprint density at radius 3 is 2.46 bits per heavy atom. The predicted molar refractivity (Wildman–Crippen MR) is 105 cm³/mol. The average Bonchev–Trinajstić information content (AvgIpc) is 2.68. The highest BCUT2D eigenvalue weighted by Gasteiger charge is 2.09. The third kappa shape index (κ3) is 4.61. The number of carbonyl (C=O) groups is 1. The summed E-state index contributed by atoms with van der Waals surface area (Å²) in [5, 5.41) is 3.51. The Hall–Kier alpha value is -2.85. The fourth-order valence-electron chi connectivity index (χ4n) is 2.60. The molecule has 0 aliphatic carbocycles. The average molecular weight is 366 g/mol. The van der Waals surface area contributed by atoms with Crippen LogP contribution in [0.25, 0.3) is 0 Å². The molecule has 0 fully saturated rings. The SMILES string of the molecule is CN(Cc1ccccc1)c1ccc(C(=O)NCc2ccccc2Cl)cn1. The van der Waals surface area contributed by atoms with Gasteiger partial charge in [0.15, 0.2) is 0 Å². The predicted octanol–water partition coefficient (Wildman–Crippen LogP) is 4.30. The van der Waals surface area contributed by atoms with Gasteiger partial charge in [0.2, 0.25) is 0 Å². The summed E-state index contributed by atoms with van der Waals surface area (Å²) in [5.41, 5.74) is 2.61. The molecule has 0 saturated carbocycles. The standard InChI is InChI=1S/C21H20ClN3O/c1-25(15-16-7-3-2-4-8-16)20-12-11-18(14-23-20)21(26)24-13-17-9-5-6-10-19(17)22/h2-12,14H,13,15H2,1H3,(H,24,26). The molecule has 1 heterocycles. The molecule has 0 bridgehead atoms. The molecule has 1 N–H and O–H groups in total. The highest BCUT2D eigenvalue weighted by Crippen LogP contribution is 2.15. The van der Waals surface area contributed by atoms with Crippen molar-refractivity contribution in [3.8, 4) is 0 Å². The van der Waals surface area contributed by atoms with E-state index in [1.54, 1.807) is 12.3 Å². The quantitative estimate of drug-likeness (QED) is 0.708. The van der Waals surface area contributed by atoms with Gasteiger partial charge in [-0.3, -0.25) is 4.79 Å². The second-order valence-electron chi connectivity index (χ2n) is 6.02. The maximum Gasteiger partial charge on any atom is 0.253 e. The first-order valence-corrected chi connectivity index (χ1v) is 8.74. The van der Waals surface area contributed by atoms with Gasteiger partial charge in [-0.25, -0.2) is 4.98 Å². The zero-order valence-electron chi connectivity index (χ0n) is 14.5. The number of benzene rings is 2. The van der Waals surface area contributed by atoms with Crippen LogP contribution in [0, 0.1) is 0 Å². The summed E-state index contributed by atoms with van der Waals surface area (Å²) < 4.78 is 0. The van der Waals surface area contributed by atoms with Gasteiger partial charge in [0.1, 0.15) is 5.82 Å². The molecule has 0 spiro atoms. The number of rotatable bonds is 6. The molecule has 0 saturated heterocycles. The lowest BCUT2D eigenvalue weighted by Crippen LogP contribution is -2.23. The smallest absolute Gasteiger partial charge is 0.253 e. The first-order valence-electron chi connectivity index (χ1n) is 8.36. The van der Waals surface area contributed by atoms with Gasteiger partial charge in [-0.15, -0.1) is 0 Å². The summed E-state index contributed by atoms with van der Waals surface area (Å²) in [6, 6.07) is 21.3. The molecule has 1 amide bonds. The highest BCUT2D eigenvalue weighted by molar-refractivity contribution is 6.31. The molecule has 0 atom stereocenters. The van der Waals surface area contributed by atoms with Crippen LogP contribution in [0.4, 0.5) is 5.82 Å². The van der Waals surface area contributed by atoms with E-state index in [1.165, 1.54) is 5.56 Å². The van der Waals surface area contributed by atoms with E-state index in [1.807, 2.05) is 60.5 Å². The zero-order chi connectivity index (χ0) is 18.4. The number of hydrogen-bond acceptors (Lipinski definition) is 3. The molecule has 132 valence electrons. The number of carbonyl (C=O) groups excluding carboxylic acids is 1. The monoisotopic (exact) mass is 365 g/mol. The largest absolute Gasteiger partial charge is 0.355 e.